The second-order valence-electron chi connectivity index (χ2n) is 9.16. The van der Waals surface area contributed by atoms with Gasteiger partial charge in [-0.2, -0.15) is 4.98 Å². The van der Waals surface area contributed by atoms with E-state index >= 15 is 0 Å². The number of nitrogen functional groups attached to an aromatic ring is 1. The van der Waals surface area contributed by atoms with Gasteiger partial charge in [0.05, 0.1) is 12.1 Å². The van der Waals surface area contributed by atoms with Crippen LogP contribution in [0.2, 0.25) is 0 Å². The van der Waals surface area contributed by atoms with Crippen molar-refractivity contribution in [2.24, 2.45) is 0 Å². The number of likely N-dealkylation sites (tertiary alicyclic amines) is 1. The summed E-state index contributed by atoms with van der Waals surface area (Å²) in [7, 11) is 0. The minimum Gasteiger partial charge on any atom is -0.368 e. The zero-order chi connectivity index (χ0) is 23.2. The highest BCUT2D eigenvalue weighted by molar-refractivity contribution is 5.89. The maximum absolute atomic E-state index is 13.5. The molecule has 1 aromatic carbocycles. The fraction of sp³-hybridized carbons (Fsp3) is 0.500. The summed E-state index contributed by atoms with van der Waals surface area (Å²) < 4.78 is 1.73. The summed E-state index contributed by atoms with van der Waals surface area (Å²) in [5.41, 5.74) is 8.86. The Morgan fingerprint density at radius 3 is 2.24 bits per heavy atom. The van der Waals surface area contributed by atoms with Gasteiger partial charge in [-0.1, -0.05) is 51.0 Å². The molecule has 1 fully saturated rings. The van der Waals surface area contributed by atoms with Crippen molar-refractivity contribution in [2.75, 3.05) is 24.1 Å². The highest BCUT2D eigenvalue weighted by atomic mass is 16.1. The minimum absolute atomic E-state index is 0.0945. The van der Waals surface area contributed by atoms with Gasteiger partial charge in [-0.3, -0.25) is 9.69 Å². The third-order valence-corrected chi connectivity index (χ3v) is 6.44. The number of nitrogens with one attached hydrogen (secondary N) is 1. The molecule has 7 heteroatoms. The van der Waals surface area contributed by atoms with Crippen molar-refractivity contribution >= 4 is 22.7 Å². The van der Waals surface area contributed by atoms with E-state index in [-0.39, 0.29) is 17.5 Å². The van der Waals surface area contributed by atoms with Gasteiger partial charge in [0.2, 0.25) is 5.95 Å². The van der Waals surface area contributed by atoms with E-state index in [9.17, 15) is 4.79 Å². The predicted molar refractivity (Wildman–Crippen MR) is 135 cm³/mol. The van der Waals surface area contributed by atoms with E-state index in [1.54, 1.807) is 10.8 Å². The molecule has 3 aromatic rings. The number of nitrogens with zero attached hydrogens (tertiary/aromatic N) is 4. The third-order valence-electron chi connectivity index (χ3n) is 6.44. The monoisotopic (exact) mass is 448 g/mol. The van der Waals surface area contributed by atoms with Crippen LogP contribution in [-0.2, 0) is 13.1 Å². The van der Waals surface area contributed by atoms with Crippen LogP contribution in [0.25, 0.3) is 10.9 Å². The summed E-state index contributed by atoms with van der Waals surface area (Å²) in [5, 5.41) is 4.00. The van der Waals surface area contributed by atoms with E-state index in [4.69, 9.17) is 5.73 Å². The molecule has 0 atom stereocenters. The number of fused-ring (bicyclic) bond motifs is 1. The molecule has 0 spiro atoms. The molecule has 0 amide bonds. The molecule has 0 radical (unpaired) electrons. The summed E-state index contributed by atoms with van der Waals surface area (Å²) >= 11 is 0. The highest BCUT2D eigenvalue weighted by Crippen LogP contribution is 2.21. The lowest BCUT2D eigenvalue weighted by molar-refractivity contribution is 0.331. The number of anilines is 2. The third kappa shape index (κ3) is 5.71. The first-order chi connectivity index (χ1) is 16.1. The maximum Gasteiger partial charge on any atom is 0.264 e. The smallest absolute Gasteiger partial charge is 0.264 e. The van der Waals surface area contributed by atoms with Crippen molar-refractivity contribution < 1.29 is 0 Å². The molecule has 1 aliphatic rings. The van der Waals surface area contributed by atoms with Crippen LogP contribution in [0, 0.1) is 0 Å². The lowest BCUT2D eigenvalue weighted by Gasteiger charge is -2.19. The maximum atomic E-state index is 13.5. The molecule has 4 rings (SSSR count). The number of hydrogen-bond acceptors (Lipinski definition) is 6. The van der Waals surface area contributed by atoms with Crippen LogP contribution < -0.4 is 16.6 Å². The van der Waals surface area contributed by atoms with Gasteiger partial charge in [0.1, 0.15) is 11.2 Å². The molecule has 0 saturated carbocycles. The number of hydrogen-bond donors (Lipinski definition) is 2. The average Bonchev–Trinajstić information content (AvgIpc) is 3.30. The first-order valence-corrected chi connectivity index (χ1v) is 12.3. The topological polar surface area (TPSA) is 89.1 Å². The predicted octanol–water partition coefficient (Wildman–Crippen LogP) is 4.40. The van der Waals surface area contributed by atoms with Gasteiger partial charge < -0.3 is 15.6 Å². The molecule has 3 N–H and O–H groups in total. The Balaban J connectivity index is 1.59. The van der Waals surface area contributed by atoms with E-state index in [0.717, 1.165) is 37.8 Å². The molecule has 3 heterocycles. The summed E-state index contributed by atoms with van der Waals surface area (Å²) in [4.78, 5) is 24.7. The van der Waals surface area contributed by atoms with Gasteiger partial charge in [-0.25, -0.2) is 4.98 Å². The molecule has 2 aromatic heterocycles. The first-order valence-electron chi connectivity index (χ1n) is 12.3. The van der Waals surface area contributed by atoms with E-state index in [2.05, 4.69) is 58.3 Å². The Hall–Kier alpha value is -2.93. The fourth-order valence-electron chi connectivity index (χ4n) is 4.75. The van der Waals surface area contributed by atoms with Crippen LogP contribution in [0.3, 0.4) is 0 Å². The standard InChI is InChI=1S/C26H36N6O/c1-3-7-21(8-4-2)28-24-23-22(29-26(27)30-24)13-16-32(25(23)33)18-20-11-9-19(10-12-20)17-31-14-5-6-15-31/h9-13,16,21H,3-8,14-15,17-18H2,1-2H3,(H3,27,28,29,30). The molecule has 0 bridgehead atoms. The molecule has 7 nitrogen and oxygen atoms in total. The summed E-state index contributed by atoms with van der Waals surface area (Å²) in [5.74, 6) is 0.729. The second kappa shape index (κ2) is 10.8. The van der Waals surface area contributed by atoms with Crippen molar-refractivity contribution in [3.63, 3.8) is 0 Å². The van der Waals surface area contributed by atoms with Crippen molar-refractivity contribution in [1.82, 2.24) is 19.4 Å². The molecule has 1 saturated heterocycles. The average molecular weight is 449 g/mol. The van der Waals surface area contributed by atoms with Gasteiger partial charge in [0, 0.05) is 18.8 Å². The van der Waals surface area contributed by atoms with E-state index < -0.39 is 0 Å². The quantitative estimate of drug-likeness (QED) is 0.478. The lowest BCUT2D eigenvalue weighted by atomic mass is 10.1. The van der Waals surface area contributed by atoms with E-state index in [0.29, 0.717) is 23.3 Å². The number of benzene rings is 1. The Morgan fingerprint density at radius 1 is 0.970 bits per heavy atom. The lowest BCUT2D eigenvalue weighted by Crippen LogP contribution is -2.25. The SMILES string of the molecule is CCCC(CCC)Nc1nc(N)nc2ccn(Cc3ccc(CN4CCCC4)cc3)c(=O)c12. The summed E-state index contributed by atoms with van der Waals surface area (Å²) in [6, 6.07) is 10.7. The van der Waals surface area contributed by atoms with Crippen molar-refractivity contribution in [2.45, 2.75) is 71.5 Å². The van der Waals surface area contributed by atoms with Gasteiger partial charge in [0.15, 0.2) is 0 Å². The summed E-state index contributed by atoms with van der Waals surface area (Å²) in [6.45, 7) is 8.22. The Morgan fingerprint density at radius 2 is 1.61 bits per heavy atom. The molecular weight excluding hydrogens is 412 g/mol. The van der Waals surface area contributed by atoms with E-state index in [1.165, 1.54) is 31.5 Å². The second-order valence-corrected chi connectivity index (χ2v) is 9.16. The highest BCUT2D eigenvalue weighted by Gasteiger charge is 2.16. The van der Waals surface area contributed by atoms with Crippen LogP contribution in [0.4, 0.5) is 11.8 Å². The Kier molecular flexibility index (Phi) is 7.60. The molecular formula is C26H36N6O. The van der Waals surface area contributed by atoms with Crippen LogP contribution >= 0.6 is 0 Å². The van der Waals surface area contributed by atoms with Crippen LogP contribution in [-0.4, -0.2) is 38.6 Å². The minimum atomic E-state index is -0.0945. The number of pyridine rings is 1. The van der Waals surface area contributed by atoms with Gasteiger partial charge in [-0.05, 0) is 56.0 Å². The normalized spacial score (nSPS) is 14.4. The Bertz CT molecular complexity index is 1110. The zero-order valence-electron chi connectivity index (χ0n) is 19.9. The van der Waals surface area contributed by atoms with Crippen LogP contribution in [0.1, 0.15) is 63.5 Å². The number of aromatic nitrogens is 3. The van der Waals surface area contributed by atoms with Crippen LogP contribution in [0.5, 0.6) is 0 Å². The van der Waals surface area contributed by atoms with Crippen molar-refractivity contribution in [1.29, 1.82) is 0 Å². The first kappa shape index (κ1) is 23.2. The molecule has 0 unspecified atom stereocenters. The van der Waals surface area contributed by atoms with Gasteiger partial charge >= 0.3 is 0 Å². The Labute approximate surface area is 196 Å². The summed E-state index contributed by atoms with van der Waals surface area (Å²) in [6.07, 6.45) is 8.56. The van der Waals surface area contributed by atoms with Gasteiger partial charge in [0.25, 0.3) is 5.56 Å². The number of nitrogens with two attached hydrogens (primary N) is 1. The molecule has 176 valence electrons. The zero-order valence-corrected chi connectivity index (χ0v) is 19.9. The van der Waals surface area contributed by atoms with Crippen molar-refractivity contribution in [3.05, 3.63) is 58.0 Å². The molecule has 1 aliphatic heterocycles. The van der Waals surface area contributed by atoms with Gasteiger partial charge in [-0.15, -0.1) is 0 Å². The molecule has 0 aliphatic carbocycles. The van der Waals surface area contributed by atoms with E-state index in [1.807, 2.05) is 6.07 Å². The number of rotatable bonds is 10. The fourth-order valence-corrected chi connectivity index (χ4v) is 4.75. The molecule has 33 heavy (non-hydrogen) atoms. The largest absolute Gasteiger partial charge is 0.368 e. The van der Waals surface area contributed by atoms with Crippen molar-refractivity contribution in [3.8, 4) is 0 Å². The van der Waals surface area contributed by atoms with Crippen LogP contribution in [0.15, 0.2) is 41.3 Å².